The zero-order valence-electron chi connectivity index (χ0n) is 24.1. The molecule has 0 aliphatic carbocycles. The Balaban J connectivity index is 1.22. The molecule has 0 atom stereocenters. The Bertz CT molecular complexity index is 2480. The third-order valence-electron chi connectivity index (χ3n) is 8.92. The Hall–Kier alpha value is -5.86. The van der Waals surface area contributed by atoms with Crippen molar-refractivity contribution < 1.29 is 0 Å². The number of fused-ring (bicyclic) bond motifs is 6. The molecule has 0 saturated carbocycles. The highest BCUT2D eigenvalue weighted by Crippen LogP contribution is 2.39. The maximum atomic E-state index is 2.42. The fourth-order valence-corrected chi connectivity index (χ4v) is 6.80. The molecule has 0 bridgehead atoms. The SMILES string of the molecule is c1ccc(-c2cccc(-n3ccc4ccc(-c5ccc6c(c5)c5ccc7ccccc7c5n6-c5ccccc5)cc43)c2)cc1. The van der Waals surface area contributed by atoms with Crippen molar-refractivity contribution >= 4 is 43.5 Å². The monoisotopic (exact) mass is 560 g/mol. The van der Waals surface area contributed by atoms with Crippen molar-refractivity contribution in [2.75, 3.05) is 0 Å². The van der Waals surface area contributed by atoms with E-state index in [2.05, 4.69) is 179 Å². The third-order valence-corrected chi connectivity index (χ3v) is 8.92. The van der Waals surface area contributed by atoms with Crippen LogP contribution >= 0.6 is 0 Å². The van der Waals surface area contributed by atoms with Gasteiger partial charge >= 0.3 is 0 Å². The van der Waals surface area contributed by atoms with Crippen LogP contribution in [0.4, 0.5) is 0 Å². The van der Waals surface area contributed by atoms with Crippen LogP contribution in [0.1, 0.15) is 0 Å². The van der Waals surface area contributed by atoms with Gasteiger partial charge in [0.2, 0.25) is 0 Å². The minimum Gasteiger partial charge on any atom is -0.317 e. The minimum atomic E-state index is 1.16. The van der Waals surface area contributed by atoms with Gasteiger partial charge in [0, 0.05) is 33.7 Å². The van der Waals surface area contributed by atoms with Gasteiger partial charge in [0.05, 0.1) is 16.6 Å². The molecule has 0 aliphatic heterocycles. The van der Waals surface area contributed by atoms with Crippen LogP contribution in [0.25, 0.3) is 77.1 Å². The van der Waals surface area contributed by atoms with Crippen LogP contribution < -0.4 is 0 Å². The van der Waals surface area contributed by atoms with Crippen LogP contribution in [-0.4, -0.2) is 9.13 Å². The molecule has 0 saturated heterocycles. The second-order valence-corrected chi connectivity index (χ2v) is 11.5. The highest BCUT2D eigenvalue weighted by Gasteiger charge is 2.16. The molecule has 2 heteroatoms. The molecule has 7 aromatic carbocycles. The quantitative estimate of drug-likeness (QED) is 0.203. The van der Waals surface area contributed by atoms with E-state index < -0.39 is 0 Å². The molecule has 2 heterocycles. The summed E-state index contributed by atoms with van der Waals surface area (Å²) in [6.45, 7) is 0. The van der Waals surface area contributed by atoms with E-state index in [9.17, 15) is 0 Å². The topological polar surface area (TPSA) is 9.86 Å². The van der Waals surface area contributed by atoms with Gasteiger partial charge in [-0.3, -0.25) is 0 Å². The Morgan fingerprint density at radius 2 is 1.02 bits per heavy atom. The number of rotatable bonds is 4. The van der Waals surface area contributed by atoms with Crippen molar-refractivity contribution in [3.8, 4) is 33.6 Å². The number of para-hydroxylation sites is 1. The molecule has 9 rings (SSSR count). The maximum Gasteiger partial charge on any atom is 0.0619 e. The highest BCUT2D eigenvalue weighted by atomic mass is 15.0. The summed E-state index contributed by atoms with van der Waals surface area (Å²) in [5.41, 5.74) is 10.9. The zero-order valence-corrected chi connectivity index (χ0v) is 24.1. The molecule has 0 aliphatic rings. The number of aromatic nitrogens is 2. The molecule has 2 nitrogen and oxygen atoms in total. The lowest BCUT2D eigenvalue weighted by atomic mass is 10.0. The van der Waals surface area contributed by atoms with Crippen LogP contribution in [0, 0.1) is 0 Å². The van der Waals surface area contributed by atoms with Gasteiger partial charge in [0.15, 0.2) is 0 Å². The fourth-order valence-electron chi connectivity index (χ4n) is 6.80. The molecule has 2 aromatic heterocycles. The number of benzene rings is 7. The summed E-state index contributed by atoms with van der Waals surface area (Å²) in [4.78, 5) is 0. The van der Waals surface area contributed by atoms with E-state index >= 15 is 0 Å². The summed E-state index contributed by atoms with van der Waals surface area (Å²) in [6.07, 6.45) is 2.18. The van der Waals surface area contributed by atoms with Crippen molar-refractivity contribution in [3.63, 3.8) is 0 Å². The van der Waals surface area contributed by atoms with Crippen LogP contribution in [-0.2, 0) is 0 Å². The molecule has 9 aromatic rings. The van der Waals surface area contributed by atoms with E-state index in [4.69, 9.17) is 0 Å². The predicted octanol–water partition coefficient (Wildman–Crippen LogP) is 11.2. The van der Waals surface area contributed by atoms with Crippen molar-refractivity contribution in [1.29, 1.82) is 0 Å². The van der Waals surface area contributed by atoms with Gasteiger partial charge in [-0.25, -0.2) is 0 Å². The summed E-state index contributed by atoms with van der Waals surface area (Å²) in [5, 5.41) is 6.28. The summed E-state index contributed by atoms with van der Waals surface area (Å²) >= 11 is 0. The Kier molecular flexibility index (Phi) is 5.54. The van der Waals surface area contributed by atoms with E-state index in [1.54, 1.807) is 0 Å². The minimum absolute atomic E-state index is 1.16. The molecular formula is C42H28N2. The third kappa shape index (κ3) is 3.89. The fraction of sp³-hybridized carbons (Fsp3) is 0. The van der Waals surface area contributed by atoms with Gasteiger partial charge in [0.1, 0.15) is 0 Å². The predicted molar refractivity (Wildman–Crippen MR) is 186 cm³/mol. The van der Waals surface area contributed by atoms with E-state index in [1.807, 2.05) is 0 Å². The Morgan fingerprint density at radius 1 is 0.341 bits per heavy atom. The van der Waals surface area contributed by atoms with Gasteiger partial charge < -0.3 is 9.13 Å². The average molecular weight is 561 g/mol. The molecule has 206 valence electrons. The van der Waals surface area contributed by atoms with Crippen molar-refractivity contribution in [1.82, 2.24) is 9.13 Å². The van der Waals surface area contributed by atoms with E-state index in [0.717, 1.165) is 5.69 Å². The first-order valence-electron chi connectivity index (χ1n) is 15.1. The summed E-state index contributed by atoms with van der Waals surface area (Å²) < 4.78 is 4.72. The molecule has 0 N–H and O–H groups in total. The van der Waals surface area contributed by atoms with Crippen molar-refractivity contribution in [2.45, 2.75) is 0 Å². The maximum absolute atomic E-state index is 2.42. The Labute approximate surface area is 255 Å². The Morgan fingerprint density at radius 3 is 1.91 bits per heavy atom. The molecule has 44 heavy (non-hydrogen) atoms. The van der Waals surface area contributed by atoms with Crippen molar-refractivity contribution in [3.05, 3.63) is 170 Å². The largest absolute Gasteiger partial charge is 0.317 e. The molecule has 0 amide bonds. The standard InChI is InChI=1S/C42H28N2/c1-3-10-29(11-4-1)32-13-9-16-36(26-32)43-25-24-31-18-19-34(28-41(31)43)33-21-23-40-39(27-33)38-22-20-30-12-7-8-17-37(30)42(38)44(40)35-14-5-2-6-15-35/h1-28H. The lowest BCUT2D eigenvalue weighted by molar-refractivity contribution is 1.13. The first-order valence-corrected chi connectivity index (χ1v) is 15.1. The summed E-state index contributed by atoms with van der Waals surface area (Å²) in [5.74, 6) is 0. The molecule has 0 spiro atoms. The van der Waals surface area contributed by atoms with Gasteiger partial charge in [-0.1, -0.05) is 115 Å². The zero-order chi connectivity index (χ0) is 29.0. The molecular weight excluding hydrogens is 532 g/mol. The van der Waals surface area contributed by atoms with E-state index in [-0.39, 0.29) is 0 Å². The van der Waals surface area contributed by atoms with Crippen molar-refractivity contribution in [2.24, 2.45) is 0 Å². The lowest BCUT2D eigenvalue weighted by Gasteiger charge is -2.11. The first-order chi connectivity index (χ1) is 21.8. The van der Waals surface area contributed by atoms with Gasteiger partial charge in [0.25, 0.3) is 0 Å². The smallest absolute Gasteiger partial charge is 0.0619 e. The van der Waals surface area contributed by atoms with Crippen LogP contribution in [0.15, 0.2) is 170 Å². The van der Waals surface area contributed by atoms with E-state index in [0.29, 0.717) is 0 Å². The second-order valence-electron chi connectivity index (χ2n) is 11.5. The van der Waals surface area contributed by atoms with Crippen LogP contribution in [0.3, 0.4) is 0 Å². The molecule has 0 radical (unpaired) electrons. The van der Waals surface area contributed by atoms with Gasteiger partial charge in [-0.05, 0) is 81.6 Å². The number of nitrogens with zero attached hydrogens (tertiary/aromatic N) is 2. The highest BCUT2D eigenvalue weighted by molar-refractivity contribution is 6.19. The first kappa shape index (κ1) is 24.7. The second kappa shape index (κ2) is 9.86. The van der Waals surface area contributed by atoms with E-state index in [1.165, 1.54) is 71.4 Å². The molecule has 0 fully saturated rings. The average Bonchev–Trinajstić information content (AvgIpc) is 3.68. The van der Waals surface area contributed by atoms with Crippen LogP contribution in [0.2, 0.25) is 0 Å². The molecule has 0 unspecified atom stereocenters. The number of hydrogen-bond acceptors (Lipinski definition) is 0. The normalized spacial score (nSPS) is 11.6. The number of hydrogen-bond donors (Lipinski definition) is 0. The lowest BCUT2D eigenvalue weighted by Crippen LogP contribution is -1.94. The summed E-state index contributed by atoms with van der Waals surface area (Å²) in [6, 6.07) is 59.3. The summed E-state index contributed by atoms with van der Waals surface area (Å²) in [7, 11) is 0. The van der Waals surface area contributed by atoms with Gasteiger partial charge in [-0.2, -0.15) is 0 Å². The van der Waals surface area contributed by atoms with Gasteiger partial charge in [-0.15, -0.1) is 0 Å². The van der Waals surface area contributed by atoms with Crippen LogP contribution in [0.5, 0.6) is 0 Å².